The molecule has 29 heavy (non-hydrogen) atoms. The predicted molar refractivity (Wildman–Crippen MR) is 105 cm³/mol. The Morgan fingerprint density at radius 3 is 2.28 bits per heavy atom. The van der Waals surface area contributed by atoms with Crippen molar-refractivity contribution < 1.29 is 19.0 Å². The monoisotopic (exact) mass is 390 g/mol. The first-order chi connectivity index (χ1) is 14.0. The Balaban J connectivity index is 1.26. The average molecular weight is 390 g/mol. The van der Waals surface area contributed by atoms with Gasteiger partial charge in [0, 0.05) is 17.7 Å². The van der Waals surface area contributed by atoms with Gasteiger partial charge in [0.15, 0.2) is 0 Å². The highest BCUT2D eigenvalue weighted by molar-refractivity contribution is 5.79. The van der Waals surface area contributed by atoms with Crippen LogP contribution >= 0.6 is 0 Å². The standard InChI is InChI=1S/C23H19FN2O3/c24-21-10-9-15(11-25-21)23(28)13-26(14-23)22(27)29-12-20-18-7-3-1-5-16(18)17-6-2-4-8-19(17)20/h1-11,20,28H,12-14H2. The second-order valence-corrected chi connectivity index (χ2v) is 7.56. The molecule has 146 valence electrons. The van der Waals surface area contributed by atoms with Crippen LogP contribution in [0.3, 0.4) is 0 Å². The van der Waals surface area contributed by atoms with E-state index < -0.39 is 17.6 Å². The van der Waals surface area contributed by atoms with Crippen LogP contribution in [-0.2, 0) is 10.3 Å². The molecule has 1 aliphatic heterocycles. The number of ether oxygens (including phenoxy) is 1. The second kappa shape index (κ2) is 6.67. The molecule has 1 N–H and O–H groups in total. The van der Waals surface area contributed by atoms with Crippen molar-refractivity contribution in [1.82, 2.24) is 9.88 Å². The maximum atomic E-state index is 13.0. The number of pyridine rings is 1. The number of likely N-dealkylation sites (tertiary alicyclic amines) is 1. The number of β-amino-alcohol motifs (C(OH)–C–C–N with tert-alkyl or cyclic N) is 1. The third kappa shape index (κ3) is 2.96. The van der Waals surface area contributed by atoms with Gasteiger partial charge in [-0.25, -0.2) is 9.78 Å². The van der Waals surface area contributed by atoms with Gasteiger partial charge in [-0.1, -0.05) is 48.5 Å². The molecule has 2 aliphatic rings. The fourth-order valence-corrected chi connectivity index (χ4v) is 4.23. The van der Waals surface area contributed by atoms with Crippen LogP contribution in [0.4, 0.5) is 9.18 Å². The molecule has 0 saturated carbocycles. The van der Waals surface area contributed by atoms with Crippen LogP contribution in [0.25, 0.3) is 11.1 Å². The lowest BCUT2D eigenvalue weighted by molar-refractivity contribution is -0.0945. The molecule has 0 radical (unpaired) electrons. The van der Waals surface area contributed by atoms with E-state index in [2.05, 4.69) is 29.2 Å². The molecule has 3 aromatic rings. The summed E-state index contributed by atoms with van der Waals surface area (Å²) in [6.45, 7) is 0.424. The zero-order chi connectivity index (χ0) is 20.0. The minimum Gasteiger partial charge on any atom is -0.448 e. The molecule has 5 rings (SSSR count). The molecule has 0 unspecified atom stereocenters. The van der Waals surface area contributed by atoms with Gasteiger partial charge in [-0.2, -0.15) is 4.39 Å². The zero-order valence-corrected chi connectivity index (χ0v) is 15.6. The normalized spacial score (nSPS) is 16.7. The highest BCUT2D eigenvalue weighted by atomic mass is 19.1. The molecular weight excluding hydrogens is 371 g/mol. The van der Waals surface area contributed by atoms with Crippen LogP contribution in [0.1, 0.15) is 22.6 Å². The summed E-state index contributed by atoms with van der Waals surface area (Å²) in [7, 11) is 0. The van der Waals surface area contributed by atoms with Crippen molar-refractivity contribution in [2.24, 2.45) is 0 Å². The number of nitrogens with zero attached hydrogens (tertiary/aromatic N) is 2. The van der Waals surface area contributed by atoms with E-state index in [-0.39, 0.29) is 25.6 Å². The molecule has 0 atom stereocenters. The van der Waals surface area contributed by atoms with Crippen molar-refractivity contribution in [2.75, 3.05) is 19.7 Å². The number of aliphatic hydroxyl groups is 1. The van der Waals surface area contributed by atoms with E-state index in [1.54, 1.807) is 0 Å². The SMILES string of the molecule is O=C(OCC1c2ccccc2-c2ccccc21)N1CC(O)(c2ccc(F)nc2)C1. The Morgan fingerprint density at radius 2 is 1.69 bits per heavy atom. The second-order valence-electron chi connectivity index (χ2n) is 7.56. The molecule has 0 spiro atoms. The number of carbonyl (C=O) groups is 1. The van der Waals surface area contributed by atoms with Gasteiger partial charge in [0.1, 0.15) is 12.2 Å². The number of halogens is 1. The molecule has 1 fully saturated rings. The maximum absolute atomic E-state index is 13.0. The van der Waals surface area contributed by atoms with Gasteiger partial charge in [0.25, 0.3) is 0 Å². The zero-order valence-electron chi connectivity index (χ0n) is 15.6. The number of carbonyl (C=O) groups excluding carboxylic acids is 1. The summed E-state index contributed by atoms with van der Waals surface area (Å²) in [5.74, 6) is -0.613. The summed E-state index contributed by atoms with van der Waals surface area (Å²) in [6, 6.07) is 19.0. The average Bonchev–Trinajstić information content (AvgIpc) is 3.04. The number of hydrogen-bond donors (Lipinski definition) is 1. The molecular formula is C23H19FN2O3. The highest BCUT2D eigenvalue weighted by Crippen LogP contribution is 2.44. The number of amides is 1. The number of aromatic nitrogens is 1. The Hall–Kier alpha value is -3.25. The van der Waals surface area contributed by atoms with E-state index in [1.165, 1.54) is 34.4 Å². The largest absolute Gasteiger partial charge is 0.448 e. The molecule has 6 heteroatoms. The number of fused-ring (bicyclic) bond motifs is 3. The first kappa shape index (κ1) is 17.8. The van der Waals surface area contributed by atoms with Crippen LogP contribution in [0.15, 0.2) is 66.9 Å². The summed E-state index contributed by atoms with van der Waals surface area (Å²) in [6.07, 6.45) is 0.830. The van der Waals surface area contributed by atoms with Gasteiger partial charge in [0.05, 0.1) is 13.1 Å². The number of hydrogen-bond acceptors (Lipinski definition) is 4. The lowest BCUT2D eigenvalue weighted by atomic mass is 9.87. The van der Waals surface area contributed by atoms with Crippen molar-refractivity contribution >= 4 is 6.09 Å². The molecule has 0 bridgehead atoms. The van der Waals surface area contributed by atoms with Crippen molar-refractivity contribution in [3.8, 4) is 11.1 Å². The van der Waals surface area contributed by atoms with Crippen molar-refractivity contribution in [2.45, 2.75) is 11.5 Å². The van der Waals surface area contributed by atoms with Crippen molar-refractivity contribution in [3.63, 3.8) is 0 Å². The molecule has 1 saturated heterocycles. The van der Waals surface area contributed by atoms with Crippen molar-refractivity contribution in [3.05, 3.63) is 89.5 Å². The van der Waals surface area contributed by atoms with E-state index in [0.717, 1.165) is 11.1 Å². The Morgan fingerprint density at radius 1 is 1.07 bits per heavy atom. The number of benzene rings is 2. The number of rotatable bonds is 3. The van der Waals surface area contributed by atoms with Crippen LogP contribution in [0.2, 0.25) is 0 Å². The topological polar surface area (TPSA) is 62.7 Å². The summed E-state index contributed by atoms with van der Waals surface area (Å²) in [5.41, 5.74) is 3.92. The third-order valence-corrected chi connectivity index (χ3v) is 5.76. The Bertz CT molecular complexity index is 1030. The molecule has 1 aromatic heterocycles. The Labute approximate surface area is 167 Å². The quantitative estimate of drug-likeness (QED) is 0.693. The lowest BCUT2D eigenvalue weighted by Crippen LogP contribution is -2.61. The minimum atomic E-state index is -1.22. The minimum absolute atomic E-state index is 0.00666. The van der Waals surface area contributed by atoms with Gasteiger partial charge < -0.3 is 14.7 Å². The summed E-state index contributed by atoms with van der Waals surface area (Å²) < 4.78 is 18.6. The first-order valence-corrected chi connectivity index (χ1v) is 9.49. The molecule has 5 nitrogen and oxygen atoms in total. The fraction of sp³-hybridized carbons (Fsp3) is 0.217. The third-order valence-electron chi connectivity index (χ3n) is 5.76. The fourth-order valence-electron chi connectivity index (χ4n) is 4.23. The highest BCUT2D eigenvalue weighted by Gasteiger charge is 2.46. The van der Waals surface area contributed by atoms with Gasteiger partial charge in [0.2, 0.25) is 5.95 Å². The van der Waals surface area contributed by atoms with Gasteiger partial charge >= 0.3 is 6.09 Å². The van der Waals surface area contributed by atoms with E-state index in [9.17, 15) is 14.3 Å². The lowest BCUT2D eigenvalue weighted by Gasteiger charge is -2.45. The predicted octanol–water partition coefficient (Wildman–Crippen LogP) is 3.67. The van der Waals surface area contributed by atoms with Crippen LogP contribution < -0.4 is 0 Å². The molecule has 1 amide bonds. The van der Waals surface area contributed by atoms with E-state index in [1.807, 2.05) is 24.3 Å². The van der Waals surface area contributed by atoms with Gasteiger partial charge in [-0.05, 0) is 34.4 Å². The molecule has 1 aliphatic carbocycles. The smallest absolute Gasteiger partial charge is 0.410 e. The first-order valence-electron chi connectivity index (χ1n) is 9.49. The maximum Gasteiger partial charge on any atom is 0.410 e. The van der Waals surface area contributed by atoms with Crippen LogP contribution in [-0.4, -0.2) is 40.8 Å². The van der Waals surface area contributed by atoms with E-state index >= 15 is 0 Å². The van der Waals surface area contributed by atoms with E-state index in [4.69, 9.17) is 4.74 Å². The van der Waals surface area contributed by atoms with Crippen LogP contribution in [0.5, 0.6) is 0 Å². The van der Waals surface area contributed by atoms with Gasteiger partial charge in [-0.15, -0.1) is 0 Å². The summed E-state index contributed by atoms with van der Waals surface area (Å²) >= 11 is 0. The summed E-state index contributed by atoms with van der Waals surface area (Å²) in [4.78, 5) is 17.5. The van der Waals surface area contributed by atoms with Crippen molar-refractivity contribution in [1.29, 1.82) is 0 Å². The van der Waals surface area contributed by atoms with E-state index in [0.29, 0.717) is 5.56 Å². The van der Waals surface area contributed by atoms with Crippen LogP contribution in [0, 0.1) is 5.95 Å². The summed E-state index contributed by atoms with van der Waals surface area (Å²) in [5, 5.41) is 10.6. The Kier molecular flexibility index (Phi) is 4.10. The molecule has 2 aromatic carbocycles. The molecule has 2 heterocycles. The van der Waals surface area contributed by atoms with Gasteiger partial charge in [-0.3, -0.25) is 0 Å².